The molecule has 3 rings (SSSR count). The largest absolute Gasteiger partial charge is 0.390 e. The molecule has 1 aliphatic rings. The number of nitrogens with zero attached hydrogens (tertiary/aromatic N) is 2. The molecule has 0 saturated carbocycles. The van der Waals surface area contributed by atoms with Crippen LogP contribution < -0.4 is 5.69 Å². The number of rotatable bonds is 3. The SMILES string of the molecule is CC(C)(O)C1CN(C(=O)Cn2c(=O)[nH]c3ccccc32)C1. The molecule has 2 heterocycles. The molecule has 0 unspecified atom stereocenters. The topological polar surface area (TPSA) is 78.3 Å². The number of aromatic amines is 1. The molecular weight excluding hydrogens is 270 g/mol. The van der Waals surface area contributed by atoms with Gasteiger partial charge in [-0.1, -0.05) is 12.1 Å². The number of imidazole rings is 1. The van der Waals surface area contributed by atoms with Crippen molar-refractivity contribution < 1.29 is 9.90 Å². The Morgan fingerprint density at radius 2 is 2.05 bits per heavy atom. The lowest BCUT2D eigenvalue weighted by Gasteiger charge is -2.45. The summed E-state index contributed by atoms with van der Waals surface area (Å²) >= 11 is 0. The van der Waals surface area contributed by atoms with Gasteiger partial charge in [-0.05, 0) is 26.0 Å². The van der Waals surface area contributed by atoms with E-state index < -0.39 is 5.60 Å². The lowest BCUT2D eigenvalue weighted by Crippen LogP contribution is -2.58. The number of H-pyrrole nitrogens is 1. The van der Waals surface area contributed by atoms with Crippen molar-refractivity contribution in [2.75, 3.05) is 13.1 Å². The van der Waals surface area contributed by atoms with E-state index in [2.05, 4.69) is 4.98 Å². The fraction of sp³-hybridized carbons (Fsp3) is 0.467. The van der Waals surface area contributed by atoms with Crippen molar-refractivity contribution in [1.82, 2.24) is 14.5 Å². The fourth-order valence-electron chi connectivity index (χ4n) is 2.63. The molecule has 6 heteroatoms. The van der Waals surface area contributed by atoms with Crippen LogP contribution in [0.5, 0.6) is 0 Å². The predicted octanol–water partition coefficient (Wildman–Crippen LogP) is 0.559. The number of amides is 1. The van der Waals surface area contributed by atoms with Crippen molar-refractivity contribution in [3.63, 3.8) is 0 Å². The zero-order valence-corrected chi connectivity index (χ0v) is 12.2. The highest BCUT2D eigenvalue weighted by Gasteiger charge is 2.39. The zero-order valence-electron chi connectivity index (χ0n) is 12.2. The van der Waals surface area contributed by atoms with Crippen LogP contribution in [-0.4, -0.2) is 44.2 Å². The molecule has 112 valence electrons. The molecule has 21 heavy (non-hydrogen) atoms. The van der Waals surface area contributed by atoms with Crippen LogP contribution in [-0.2, 0) is 11.3 Å². The van der Waals surface area contributed by atoms with Gasteiger partial charge in [-0.2, -0.15) is 0 Å². The Morgan fingerprint density at radius 1 is 1.38 bits per heavy atom. The number of carbonyl (C=O) groups excluding carboxylic acids is 1. The lowest BCUT2D eigenvalue weighted by atomic mass is 9.84. The van der Waals surface area contributed by atoms with E-state index in [0.717, 1.165) is 11.0 Å². The van der Waals surface area contributed by atoms with Crippen LogP contribution in [0.1, 0.15) is 13.8 Å². The standard InChI is InChI=1S/C15H19N3O3/c1-15(2,21)10-7-17(8-10)13(19)9-18-12-6-4-3-5-11(12)16-14(18)20/h3-6,10,21H,7-9H2,1-2H3,(H,16,20). The molecule has 0 bridgehead atoms. The smallest absolute Gasteiger partial charge is 0.326 e. The van der Waals surface area contributed by atoms with Gasteiger partial charge in [0, 0.05) is 19.0 Å². The Bertz CT molecular complexity index is 732. The van der Waals surface area contributed by atoms with Crippen molar-refractivity contribution in [3.8, 4) is 0 Å². The Morgan fingerprint density at radius 3 is 2.71 bits per heavy atom. The van der Waals surface area contributed by atoms with Gasteiger partial charge in [0.05, 0.1) is 16.6 Å². The van der Waals surface area contributed by atoms with E-state index in [9.17, 15) is 14.7 Å². The third-order valence-corrected chi connectivity index (χ3v) is 4.21. The Hall–Kier alpha value is -2.08. The summed E-state index contributed by atoms with van der Waals surface area (Å²) in [7, 11) is 0. The van der Waals surface area contributed by atoms with Gasteiger partial charge in [-0.15, -0.1) is 0 Å². The van der Waals surface area contributed by atoms with Gasteiger partial charge in [0.25, 0.3) is 0 Å². The van der Waals surface area contributed by atoms with E-state index in [4.69, 9.17) is 0 Å². The van der Waals surface area contributed by atoms with Crippen LogP contribution in [0.2, 0.25) is 0 Å². The number of hydrogen-bond donors (Lipinski definition) is 2. The van der Waals surface area contributed by atoms with Crippen LogP contribution in [0.4, 0.5) is 0 Å². The molecule has 0 spiro atoms. The van der Waals surface area contributed by atoms with Crippen molar-refractivity contribution in [2.24, 2.45) is 5.92 Å². The summed E-state index contributed by atoms with van der Waals surface area (Å²) < 4.78 is 1.45. The number of para-hydroxylation sites is 2. The van der Waals surface area contributed by atoms with Crippen LogP contribution in [0.25, 0.3) is 11.0 Å². The summed E-state index contributed by atoms with van der Waals surface area (Å²) in [4.78, 5) is 28.6. The lowest BCUT2D eigenvalue weighted by molar-refractivity contribution is -0.145. The minimum Gasteiger partial charge on any atom is -0.390 e. The van der Waals surface area contributed by atoms with E-state index >= 15 is 0 Å². The van der Waals surface area contributed by atoms with Crippen molar-refractivity contribution in [3.05, 3.63) is 34.7 Å². The molecule has 0 atom stereocenters. The first-order valence-electron chi connectivity index (χ1n) is 7.04. The van der Waals surface area contributed by atoms with Crippen LogP contribution in [0.15, 0.2) is 29.1 Å². The Labute approximate surface area is 122 Å². The number of benzene rings is 1. The highest BCUT2D eigenvalue weighted by atomic mass is 16.3. The van der Waals surface area contributed by atoms with Crippen molar-refractivity contribution >= 4 is 16.9 Å². The quantitative estimate of drug-likeness (QED) is 0.866. The summed E-state index contributed by atoms with van der Waals surface area (Å²) in [5.74, 6) is 0.00324. The molecule has 0 radical (unpaired) electrons. The molecule has 1 amide bonds. The van der Waals surface area contributed by atoms with E-state index in [-0.39, 0.29) is 24.1 Å². The molecule has 2 aromatic rings. The van der Waals surface area contributed by atoms with Gasteiger partial charge in [-0.25, -0.2) is 4.79 Å². The molecule has 1 aromatic carbocycles. The highest BCUT2D eigenvalue weighted by molar-refractivity contribution is 5.81. The summed E-state index contributed by atoms with van der Waals surface area (Å²) in [5, 5.41) is 9.88. The maximum absolute atomic E-state index is 12.2. The third-order valence-electron chi connectivity index (χ3n) is 4.21. The van der Waals surface area contributed by atoms with Gasteiger partial charge in [0.1, 0.15) is 6.54 Å². The number of hydrogen-bond acceptors (Lipinski definition) is 3. The summed E-state index contributed by atoms with van der Waals surface area (Å²) in [6, 6.07) is 7.31. The molecule has 6 nitrogen and oxygen atoms in total. The second-order valence-electron chi connectivity index (χ2n) is 6.18. The van der Waals surface area contributed by atoms with E-state index in [1.54, 1.807) is 18.7 Å². The summed E-state index contributed by atoms with van der Waals surface area (Å²) in [6.45, 7) is 4.62. The van der Waals surface area contributed by atoms with E-state index in [1.807, 2.05) is 24.3 Å². The number of nitrogens with one attached hydrogen (secondary N) is 1. The number of carbonyl (C=O) groups is 1. The Kier molecular flexibility index (Phi) is 3.13. The zero-order chi connectivity index (χ0) is 15.2. The van der Waals surface area contributed by atoms with Gasteiger partial charge in [0.15, 0.2) is 0 Å². The average Bonchev–Trinajstić information content (AvgIpc) is 2.62. The normalized spacial score (nSPS) is 16.2. The molecule has 1 fully saturated rings. The monoisotopic (exact) mass is 289 g/mol. The first kappa shape index (κ1) is 13.9. The fourth-order valence-corrected chi connectivity index (χ4v) is 2.63. The number of aliphatic hydroxyl groups is 1. The second kappa shape index (κ2) is 4.73. The first-order valence-corrected chi connectivity index (χ1v) is 7.04. The van der Waals surface area contributed by atoms with Gasteiger partial charge in [0.2, 0.25) is 5.91 Å². The Balaban J connectivity index is 1.74. The molecule has 1 aromatic heterocycles. The molecule has 1 saturated heterocycles. The van der Waals surface area contributed by atoms with Crippen molar-refractivity contribution in [1.29, 1.82) is 0 Å². The average molecular weight is 289 g/mol. The molecular formula is C15H19N3O3. The maximum Gasteiger partial charge on any atom is 0.326 e. The number of likely N-dealkylation sites (tertiary alicyclic amines) is 1. The number of fused-ring (bicyclic) bond motifs is 1. The van der Waals surface area contributed by atoms with Gasteiger partial charge in [-0.3, -0.25) is 9.36 Å². The van der Waals surface area contributed by atoms with E-state index in [1.165, 1.54) is 4.57 Å². The minimum atomic E-state index is -0.769. The van der Waals surface area contributed by atoms with E-state index in [0.29, 0.717) is 13.1 Å². The summed E-state index contributed by atoms with van der Waals surface area (Å²) in [5.41, 5.74) is 0.418. The van der Waals surface area contributed by atoms with Crippen LogP contribution in [0, 0.1) is 5.92 Å². The molecule has 1 aliphatic heterocycles. The first-order chi connectivity index (χ1) is 9.86. The van der Waals surface area contributed by atoms with Gasteiger partial charge < -0.3 is 15.0 Å². The van der Waals surface area contributed by atoms with Crippen LogP contribution in [0.3, 0.4) is 0 Å². The highest BCUT2D eigenvalue weighted by Crippen LogP contribution is 2.27. The molecule has 2 N–H and O–H groups in total. The van der Waals surface area contributed by atoms with Crippen molar-refractivity contribution in [2.45, 2.75) is 26.0 Å². The van der Waals surface area contributed by atoms with Crippen LogP contribution >= 0.6 is 0 Å². The second-order valence-corrected chi connectivity index (χ2v) is 6.18. The maximum atomic E-state index is 12.2. The van der Waals surface area contributed by atoms with Gasteiger partial charge >= 0.3 is 5.69 Å². The molecule has 0 aliphatic carbocycles. The third kappa shape index (κ3) is 2.47. The number of aromatic nitrogens is 2. The minimum absolute atomic E-state index is 0.0292. The predicted molar refractivity (Wildman–Crippen MR) is 78.9 cm³/mol. The summed E-state index contributed by atoms with van der Waals surface area (Å²) in [6.07, 6.45) is 0.